The van der Waals surface area contributed by atoms with Gasteiger partial charge in [-0.1, -0.05) is 66.7 Å². The predicted octanol–water partition coefficient (Wildman–Crippen LogP) is 5.28. The zero-order chi connectivity index (χ0) is 24.4. The van der Waals surface area contributed by atoms with Crippen molar-refractivity contribution >= 4 is 5.91 Å². The highest BCUT2D eigenvalue weighted by atomic mass is 19.4. The first kappa shape index (κ1) is 23.6. The number of nitrogens with zero attached hydrogens (tertiary/aromatic N) is 1. The summed E-state index contributed by atoms with van der Waals surface area (Å²) in [7, 11) is 0. The number of benzene rings is 3. The standard InChI is InChI=1S/C28H27F3N2O2/c29-28(30,31)21-10-6-9-20(15-21)22-11-4-5-12-23(22)24-16-32-17-25(24)27(34)33-13-14-35-18-26(33)19-7-2-1-3-8-19/h1-12,15,24-26,32H,13-14,16-18H2/t24-,25?,26+/m0/s1. The topological polar surface area (TPSA) is 41.6 Å². The second kappa shape index (κ2) is 9.84. The molecule has 3 atom stereocenters. The minimum atomic E-state index is -4.42. The number of carbonyl (C=O) groups is 1. The van der Waals surface area contributed by atoms with Crippen molar-refractivity contribution in [3.63, 3.8) is 0 Å². The van der Waals surface area contributed by atoms with Gasteiger partial charge < -0.3 is 15.0 Å². The Morgan fingerprint density at radius 3 is 2.51 bits per heavy atom. The summed E-state index contributed by atoms with van der Waals surface area (Å²) in [4.78, 5) is 15.8. The molecular formula is C28H27F3N2O2. The Balaban J connectivity index is 1.46. The lowest BCUT2D eigenvalue weighted by Crippen LogP contribution is -2.47. The van der Waals surface area contributed by atoms with E-state index in [1.165, 1.54) is 12.1 Å². The average Bonchev–Trinajstić information content (AvgIpc) is 3.38. The van der Waals surface area contributed by atoms with E-state index in [1.807, 2.05) is 59.5 Å². The monoisotopic (exact) mass is 480 g/mol. The van der Waals surface area contributed by atoms with Crippen LogP contribution < -0.4 is 5.32 Å². The zero-order valence-corrected chi connectivity index (χ0v) is 19.2. The van der Waals surface area contributed by atoms with Gasteiger partial charge in [0.15, 0.2) is 0 Å². The van der Waals surface area contributed by atoms with Crippen LogP contribution in [0, 0.1) is 5.92 Å². The number of nitrogens with one attached hydrogen (secondary N) is 1. The molecule has 1 amide bonds. The highest BCUT2D eigenvalue weighted by molar-refractivity contribution is 5.82. The Labute approximate surface area is 202 Å². The number of halogens is 3. The van der Waals surface area contributed by atoms with Gasteiger partial charge in [0.1, 0.15) is 0 Å². The summed E-state index contributed by atoms with van der Waals surface area (Å²) >= 11 is 0. The largest absolute Gasteiger partial charge is 0.416 e. The summed E-state index contributed by atoms with van der Waals surface area (Å²) in [5.74, 6) is -0.408. The second-order valence-corrected chi connectivity index (χ2v) is 9.07. The summed E-state index contributed by atoms with van der Waals surface area (Å²) in [5, 5.41) is 3.35. The number of hydrogen-bond acceptors (Lipinski definition) is 3. The van der Waals surface area contributed by atoms with E-state index in [1.54, 1.807) is 6.07 Å². The van der Waals surface area contributed by atoms with Crippen molar-refractivity contribution in [2.75, 3.05) is 32.8 Å². The van der Waals surface area contributed by atoms with Crippen LogP contribution in [0.15, 0.2) is 78.9 Å². The molecule has 1 N–H and O–H groups in total. The van der Waals surface area contributed by atoms with Crippen molar-refractivity contribution in [3.05, 3.63) is 95.6 Å². The normalized spacial score (nSPS) is 22.8. The minimum absolute atomic E-state index is 0.0519. The average molecular weight is 481 g/mol. The van der Waals surface area contributed by atoms with Crippen LogP contribution in [-0.4, -0.2) is 43.7 Å². The van der Waals surface area contributed by atoms with Crippen LogP contribution in [0.5, 0.6) is 0 Å². The van der Waals surface area contributed by atoms with Crippen LogP contribution >= 0.6 is 0 Å². The molecule has 3 aromatic rings. The van der Waals surface area contributed by atoms with E-state index in [-0.39, 0.29) is 23.8 Å². The molecule has 7 heteroatoms. The third-order valence-corrected chi connectivity index (χ3v) is 6.99. The summed E-state index contributed by atoms with van der Waals surface area (Å²) in [6, 6.07) is 22.6. The molecule has 4 nitrogen and oxygen atoms in total. The minimum Gasteiger partial charge on any atom is -0.377 e. The Morgan fingerprint density at radius 1 is 0.943 bits per heavy atom. The molecule has 1 unspecified atom stereocenters. The van der Waals surface area contributed by atoms with E-state index < -0.39 is 11.7 Å². The highest BCUT2D eigenvalue weighted by Gasteiger charge is 2.40. The van der Waals surface area contributed by atoms with Crippen LogP contribution in [0.1, 0.15) is 28.7 Å². The van der Waals surface area contributed by atoms with Gasteiger partial charge in [-0.3, -0.25) is 4.79 Å². The molecule has 0 aliphatic carbocycles. The van der Waals surface area contributed by atoms with E-state index >= 15 is 0 Å². The Hall–Kier alpha value is -3.16. The number of carbonyl (C=O) groups excluding carboxylic acids is 1. The Bertz CT molecular complexity index is 1180. The van der Waals surface area contributed by atoms with E-state index in [9.17, 15) is 18.0 Å². The summed E-state index contributed by atoms with van der Waals surface area (Å²) in [6.45, 7) is 2.56. The van der Waals surface area contributed by atoms with Crippen LogP contribution in [0.3, 0.4) is 0 Å². The molecule has 3 aromatic carbocycles. The van der Waals surface area contributed by atoms with Crippen molar-refractivity contribution in [1.29, 1.82) is 0 Å². The van der Waals surface area contributed by atoms with Gasteiger partial charge in [0.2, 0.25) is 5.91 Å². The lowest BCUT2D eigenvalue weighted by Gasteiger charge is -2.38. The van der Waals surface area contributed by atoms with Gasteiger partial charge in [-0.2, -0.15) is 13.2 Å². The van der Waals surface area contributed by atoms with E-state index in [0.717, 1.165) is 22.8 Å². The maximum Gasteiger partial charge on any atom is 0.416 e. The second-order valence-electron chi connectivity index (χ2n) is 9.07. The molecule has 0 spiro atoms. The van der Waals surface area contributed by atoms with Crippen molar-refractivity contribution < 1.29 is 22.7 Å². The van der Waals surface area contributed by atoms with Gasteiger partial charge in [0.05, 0.1) is 30.7 Å². The lowest BCUT2D eigenvalue weighted by atomic mass is 9.83. The molecule has 0 bridgehead atoms. The summed E-state index contributed by atoms with van der Waals surface area (Å²) in [5.41, 5.74) is 2.47. The third-order valence-electron chi connectivity index (χ3n) is 6.99. The van der Waals surface area contributed by atoms with Crippen molar-refractivity contribution in [3.8, 4) is 11.1 Å². The van der Waals surface area contributed by atoms with Crippen LogP contribution in [0.25, 0.3) is 11.1 Å². The van der Waals surface area contributed by atoms with Crippen LogP contribution in [0.2, 0.25) is 0 Å². The highest BCUT2D eigenvalue weighted by Crippen LogP contribution is 2.39. The first-order chi connectivity index (χ1) is 16.9. The van der Waals surface area contributed by atoms with Crippen LogP contribution in [0.4, 0.5) is 13.2 Å². The number of hydrogen-bond donors (Lipinski definition) is 1. The maximum atomic E-state index is 13.9. The number of amides is 1. The molecule has 0 radical (unpaired) electrons. The Morgan fingerprint density at radius 2 is 1.71 bits per heavy atom. The fourth-order valence-corrected chi connectivity index (χ4v) is 5.24. The maximum absolute atomic E-state index is 13.9. The number of ether oxygens (including phenoxy) is 1. The molecule has 2 aliphatic rings. The SMILES string of the molecule is O=C(C1CNC[C@H]1c1ccccc1-c1cccc(C(F)(F)F)c1)N1CCOC[C@@H]1c1ccccc1. The molecule has 2 heterocycles. The molecule has 0 saturated carbocycles. The summed E-state index contributed by atoms with van der Waals surface area (Å²) in [6.07, 6.45) is -4.42. The number of alkyl halides is 3. The van der Waals surface area contributed by atoms with Crippen molar-refractivity contribution in [1.82, 2.24) is 10.2 Å². The molecule has 2 saturated heterocycles. The Kier molecular flexibility index (Phi) is 6.62. The van der Waals surface area contributed by atoms with E-state index in [0.29, 0.717) is 38.4 Å². The molecular weight excluding hydrogens is 453 g/mol. The van der Waals surface area contributed by atoms with Gasteiger partial charge in [-0.05, 0) is 34.4 Å². The van der Waals surface area contributed by atoms with Crippen LogP contribution in [-0.2, 0) is 15.7 Å². The molecule has 182 valence electrons. The fourth-order valence-electron chi connectivity index (χ4n) is 5.24. The van der Waals surface area contributed by atoms with Gasteiger partial charge in [-0.25, -0.2) is 0 Å². The van der Waals surface area contributed by atoms with E-state index in [2.05, 4.69) is 5.32 Å². The summed E-state index contributed by atoms with van der Waals surface area (Å²) < 4.78 is 45.8. The number of morpholine rings is 1. The smallest absolute Gasteiger partial charge is 0.377 e. The van der Waals surface area contributed by atoms with Crippen molar-refractivity contribution in [2.45, 2.75) is 18.1 Å². The first-order valence-electron chi connectivity index (χ1n) is 11.8. The third kappa shape index (κ3) is 4.83. The predicted molar refractivity (Wildman–Crippen MR) is 128 cm³/mol. The van der Waals surface area contributed by atoms with Gasteiger partial charge in [-0.15, -0.1) is 0 Å². The van der Waals surface area contributed by atoms with Gasteiger partial charge >= 0.3 is 6.18 Å². The van der Waals surface area contributed by atoms with Gasteiger partial charge in [0, 0.05) is 25.6 Å². The molecule has 5 rings (SSSR count). The van der Waals surface area contributed by atoms with Gasteiger partial charge in [0.25, 0.3) is 0 Å². The van der Waals surface area contributed by atoms with E-state index in [4.69, 9.17) is 4.74 Å². The fraction of sp³-hybridized carbons (Fsp3) is 0.321. The lowest BCUT2D eigenvalue weighted by molar-refractivity contribution is -0.144. The first-order valence-corrected chi connectivity index (χ1v) is 11.8. The molecule has 2 aliphatic heterocycles. The number of rotatable bonds is 4. The molecule has 0 aromatic heterocycles. The zero-order valence-electron chi connectivity index (χ0n) is 19.2. The van der Waals surface area contributed by atoms with Crippen molar-refractivity contribution in [2.24, 2.45) is 5.92 Å². The quantitative estimate of drug-likeness (QED) is 0.553. The molecule has 2 fully saturated rings. The molecule has 35 heavy (non-hydrogen) atoms.